The number of alkyl halides is 9. The van der Waals surface area contributed by atoms with E-state index < -0.39 is 124 Å². The Labute approximate surface area is 665 Å². The van der Waals surface area contributed by atoms with E-state index in [2.05, 4.69) is 25.4 Å². The van der Waals surface area contributed by atoms with Crippen LogP contribution in [-0.2, 0) is 78.1 Å². The number of benzene rings is 7. The summed E-state index contributed by atoms with van der Waals surface area (Å²) in [4.78, 5) is 66.4. The molecule has 0 radical (unpaired) electrons. The van der Waals surface area contributed by atoms with Crippen LogP contribution < -0.4 is 64.3 Å². The third-order valence-electron chi connectivity index (χ3n) is 17.1. The fraction of sp³-hybridized carbons (Fsp3) is 0.304. The molecular formula is C69H82ClF9N12O20S5. The number of anilines is 12. The minimum atomic E-state index is -5.21. The molecule has 0 unspecified atom stereocenters. The molecule has 0 saturated heterocycles. The molecular weight excluding hydrogens is 1680 g/mol. The van der Waals surface area contributed by atoms with E-state index in [9.17, 15) is 125 Å². The average molecular weight is 1770 g/mol. The molecule has 0 fully saturated rings. The van der Waals surface area contributed by atoms with Crippen LogP contribution in [0.2, 0.25) is 0 Å². The Balaban J connectivity index is 0.000000381. The van der Waals surface area contributed by atoms with Gasteiger partial charge in [-0.15, -0.1) is 0 Å². The molecule has 0 aliphatic heterocycles. The van der Waals surface area contributed by atoms with Crippen LogP contribution in [0.4, 0.5) is 108 Å². The number of amides is 6. The van der Waals surface area contributed by atoms with Gasteiger partial charge in [0.05, 0.1) is 43.1 Å². The van der Waals surface area contributed by atoms with Crippen LogP contribution in [0.1, 0.15) is 104 Å². The van der Waals surface area contributed by atoms with E-state index in [4.69, 9.17) is 38.2 Å². The van der Waals surface area contributed by atoms with Crippen LogP contribution in [0.5, 0.6) is 11.5 Å². The van der Waals surface area contributed by atoms with E-state index in [1.54, 1.807) is 43.6 Å². The molecule has 47 heteroatoms. The second-order valence-electron chi connectivity index (χ2n) is 25.5. The number of phenols is 2. The van der Waals surface area contributed by atoms with Gasteiger partial charge in [-0.25, -0.2) is 25.3 Å². The molecule has 0 aliphatic rings. The highest BCUT2D eigenvalue weighted by atomic mass is 35.7. The first kappa shape index (κ1) is 99.3. The second-order valence-corrected chi connectivity index (χ2v) is 34.0. The molecule has 0 aromatic heterocycles. The van der Waals surface area contributed by atoms with Crippen molar-refractivity contribution < 1.29 is 130 Å². The Hall–Kier alpha value is -10.9. The largest absolute Gasteiger partial charge is 0.508 e. The maximum absolute atomic E-state index is 13.1. The summed E-state index contributed by atoms with van der Waals surface area (Å²) in [7, 11) is -16.3. The molecule has 7 aromatic rings. The number of hydrogen-bond donors (Lipinski definition) is 16. The van der Waals surface area contributed by atoms with Gasteiger partial charge in [-0.3, -0.25) is 47.3 Å². The van der Waals surface area contributed by atoms with E-state index in [1.165, 1.54) is 118 Å². The summed E-state index contributed by atoms with van der Waals surface area (Å²) >= 11 is 0. The molecule has 7 rings (SSSR count). The summed E-state index contributed by atoms with van der Waals surface area (Å²) < 4.78 is 257. The summed E-state index contributed by atoms with van der Waals surface area (Å²) in [6, 6.07) is 10.8. The predicted octanol–water partition coefficient (Wildman–Crippen LogP) is 12.2. The summed E-state index contributed by atoms with van der Waals surface area (Å²) in [5, 5.41) is 30.6. The summed E-state index contributed by atoms with van der Waals surface area (Å²) in [5.41, 5.74) is 26.2. The van der Waals surface area contributed by atoms with Gasteiger partial charge in [-0.05, 0) is 236 Å². The molecule has 0 atom stereocenters. The van der Waals surface area contributed by atoms with E-state index in [1.807, 2.05) is 0 Å². The van der Waals surface area contributed by atoms with Gasteiger partial charge in [0.1, 0.15) is 21.3 Å². The van der Waals surface area contributed by atoms with Gasteiger partial charge in [0.2, 0.25) is 17.7 Å². The monoisotopic (exact) mass is 1760 g/mol. The van der Waals surface area contributed by atoms with Gasteiger partial charge in [0.15, 0.2) is 0 Å². The van der Waals surface area contributed by atoms with Crippen molar-refractivity contribution in [3.05, 3.63) is 132 Å². The van der Waals surface area contributed by atoms with E-state index in [-0.39, 0.29) is 105 Å². The van der Waals surface area contributed by atoms with Gasteiger partial charge in [-0.1, -0.05) is 0 Å². The third kappa shape index (κ3) is 24.1. The Morgan fingerprint density at radius 1 is 0.310 bits per heavy atom. The van der Waals surface area contributed by atoms with Crippen LogP contribution in [0, 0.1) is 104 Å². The topological polar surface area (TPSA) is 554 Å². The molecule has 0 spiro atoms. The normalized spacial score (nSPS) is 11.8. The Bertz CT molecular complexity index is 5540. The number of nitrogens with one attached hydrogen (secondary N) is 8. The number of aromatic hydroxyl groups is 2. The number of carbonyl (C=O) groups is 6. The van der Waals surface area contributed by atoms with Gasteiger partial charge in [-0.2, -0.15) is 56.3 Å². The van der Waals surface area contributed by atoms with Crippen LogP contribution in [0.3, 0.4) is 0 Å². The molecule has 0 heterocycles. The quantitative estimate of drug-likeness (QED) is 0.0149. The van der Waals surface area contributed by atoms with Crippen LogP contribution in [0.25, 0.3) is 0 Å². The fourth-order valence-corrected chi connectivity index (χ4v) is 18.4. The standard InChI is InChI=1S/C19H20F3N3O5S.C15H19N3O3S.C13H14ClF3N2O4S.C13H15F3N2O5S.C9H14N2O3S/c1-9-15(23-12(4)26)10(2)17(11(3)16(9)24-18(28)19(20,21)22)31(29,30)25-13-5-7-14(27)8-6-13;1-8-13(16)9(2)15(10(3)14(8)17)22(20,21)18-11-4-6-12(19)7-5-11;1-5-9(18-8(4)20)6(2)11(24(14,22)23)7(3)10(5)19-12(21)13(15,16)17;1-5-9(17-8(4)19)6(2)11(24(21,22)23)7(3)10(5)18-12(20)13(14,15)16;1-4-7(10)5(2)9(15(12,13)14)6(3)8(4)11/h5-8,25,27H,1-4H3,(H,23,26)(H,24,28);4-7,18-19H,16-17H2,1-3H3;1-4H3,(H,18,20)(H,19,21);1-4H3,(H,17,19)(H,18,20)(H,21,22,23);10-11H2,1-3H3,(H,12,13,14). The number of carbonyl (C=O) groups excluding carboxylic acids is 6. The van der Waals surface area contributed by atoms with Crippen molar-refractivity contribution in [2.75, 3.05) is 64.3 Å². The maximum Gasteiger partial charge on any atom is 0.471 e. The van der Waals surface area contributed by atoms with Crippen molar-refractivity contribution in [1.82, 2.24) is 0 Å². The highest BCUT2D eigenvalue weighted by molar-refractivity contribution is 8.13. The molecule has 0 bridgehead atoms. The zero-order valence-corrected chi connectivity index (χ0v) is 69.4. The second kappa shape index (κ2) is 36.9. The fourth-order valence-electron chi connectivity index (χ4n) is 11.7. The van der Waals surface area contributed by atoms with Crippen LogP contribution in [0.15, 0.2) is 73.0 Å². The highest BCUT2D eigenvalue weighted by Gasteiger charge is 2.43. The molecule has 638 valence electrons. The molecule has 32 nitrogen and oxygen atoms in total. The SMILES string of the molecule is CC(=O)Nc1c(C)c(NC(=O)C(F)(F)F)c(C)c(S(=O)(=O)Cl)c1C.CC(=O)Nc1c(C)c(NC(=O)C(F)(F)F)c(C)c(S(=O)(=O)Nc2ccc(O)cc2)c1C.CC(=O)Nc1c(C)c(NC(=O)C(F)(F)F)c(C)c(S(=O)(=O)O)c1C.Cc1c(N)c(C)c(S(=O)(=O)Nc2ccc(O)cc2)c(C)c1N.Cc1c(N)c(C)c(S(=O)(=O)O)c(C)c1N. The number of phenolic OH excluding ortho intramolecular Hbond substituents is 2. The molecule has 0 saturated carbocycles. The number of hydrogen-bond acceptors (Lipinski definition) is 22. The highest BCUT2D eigenvalue weighted by Crippen LogP contribution is 2.44. The number of rotatable bonds is 15. The van der Waals surface area contributed by atoms with Gasteiger partial charge >= 0.3 is 36.3 Å². The van der Waals surface area contributed by atoms with Crippen molar-refractivity contribution in [3.63, 3.8) is 0 Å². The lowest BCUT2D eigenvalue weighted by atomic mass is 10.0. The molecule has 7 aromatic carbocycles. The van der Waals surface area contributed by atoms with E-state index >= 15 is 0 Å². The van der Waals surface area contributed by atoms with Crippen LogP contribution in [-0.4, -0.2) is 115 Å². The van der Waals surface area contributed by atoms with Crippen molar-refractivity contribution in [2.24, 2.45) is 0 Å². The molecule has 116 heavy (non-hydrogen) atoms. The first-order valence-corrected chi connectivity index (χ1v) is 40.7. The lowest BCUT2D eigenvalue weighted by molar-refractivity contribution is -0.167. The van der Waals surface area contributed by atoms with Crippen molar-refractivity contribution >= 4 is 164 Å². The van der Waals surface area contributed by atoms with Crippen molar-refractivity contribution in [2.45, 2.75) is 168 Å². The lowest BCUT2D eigenvalue weighted by Crippen LogP contribution is -2.31. The van der Waals surface area contributed by atoms with Crippen molar-refractivity contribution in [3.8, 4) is 11.5 Å². The van der Waals surface area contributed by atoms with E-state index in [0.717, 1.165) is 27.7 Å². The Morgan fingerprint density at radius 2 is 0.500 bits per heavy atom. The Morgan fingerprint density at radius 3 is 0.707 bits per heavy atom. The Kier molecular flexibility index (Phi) is 31.6. The number of halogens is 10. The summed E-state index contributed by atoms with van der Waals surface area (Å²) in [6.45, 7) is 24.8. The smallest absolute Gasteiger partial charge is 0.471 e. The molecule has 20 N–H and O–H groups in total. The average Bonchev–Trinajstić information content (AvgIpc) is 0.769. The maximum atomic E-state index is 13.1. The van der Waals surface area contributed by atoms with Gasteiger partial charge in [0, 0.05) is 71.3 Å². The van der Waals surface area contributed by atoms with Gasteiger partial charge < -0.3 is 65.0 Å². The van der Waals surface area contributed by atoms with Gasteiger partial charge in [0.25, 0.3) is 49.3 Å². The minimum Gasteiger partial charge on any atom is -0.508 e. The molecule has 0 aliphatic carbocycles. The molecule has 6 amide bonds. The zero-order chi connectivity index (χ0) is 90.4. The third-order valence-corrected chi connectivity index (χ3v) is 24.2. The predicted molar refractivity (Wildman–Crippen MR) is 418 cm³/mol. The first-order chi connectivity index (χ1) is 52.3. The van der Waals surface area contributed by atoms with E-state index in [0.29, 0.717) is 61.8 Å². The summed E-state index contributed by atoms with van der Waals surface area (Å²) in [6.07, 6.45) is -15.6. The van der Waals surface area contributed by atoms with Crippen LogP contribution >= 0.6 is 10.7 Å². The first-order valence-electron chi connectivity index (χ1n) is 32.5. The zero-order valence-electron chi connectivity index (χ0n) is 64.6. The van der Waals surface area contributed by atoms with Crippen molar-refractivity contribution in [1.29, 1.82) is 0 Å². The lowest BCUT2D eigenvalue weighted by Gasteiger charge is -2.23. The number of nitrogens with two attached hydrogens (primary N) is 4. The minimum absolute atomic E-state index is 0.0187. The number of nitrogen functional groups attached to an aromatic ring is 4. The number of sulfonamides is 2. The summed E-state index contributed by atoms with van der Waals surface area (Å²) in [5.74, 6) is -8.69.